The largest absolute Gasteiger partial charge is 0.351 e. The van der Waals surface area contributed by atoms with E-state index in [4.69, 9.17) is 0 Å². The predicted molar refractivity (Wildman–Crippen MR) is 88.7 cm³/mol. The molecule has 0 radical (unpaired) electrons. The first kappa shape index (κ1) is 14.0. The zero-order chi connectivity index (χ0) is 15.4. The molecule has 5 saturated carbocycles. The van der Waals surface area contributed by atoms with Crippen molar-refractivity contribution in [3.8, 4) is 0 Å². The predicted octanol–water partition coefficient (Wildman–Crippen LogP) is 3.79. The fourth-order valence-electron chi connectivity index (χ4n) is 5.92. The number of amides is 1. The van der Waals surface area contributed by atoms with Crippen LogP contribution in [-0.4, -0.2) is 10.9 Å². The maximum absolute atomic E-state index is 12.9. The minimum absolute atomic E-state index is 0.0316. The van der Waals surface area contributed by atoms with Crippen molar-refractivity contribution < 1.29 is 4.79 Å². The molecule has 6 rings (SSSR count). The Balaban J connectivity index is 1.24. The van der Waals surface area contributed by atoms with E-state index in [1.807, 2.05) is 6.20 Å². The number of aromatic nitrogens is 1. The van der Waals surface area contributed by atoms with E-state index in [-0.39, 0.29) is 5.41 Å². The van der Waals surface area contributed by atoms with Crippen LogP contribution < -0.4 is 5.32 Å². The van der Waals surface area contributed by atoms with E-state index in [2.05, 4.69) is 22.4 Å². The Labute approximate surface area is 138 Å². The van der Waals surface area contributed by atoms with Crippen LogP contribution in [0.4, 0.5) is 0 Å². The third kappa shape index (κ3) is 2.49. The summed E-state index contributed by atoms with van der Waals surface area (Å²) in [7, 11) is 0. The van der Waals surface area contributed by atoms with Crippen LogP contribution in [0.5, 0.6) is 0 Å². The lowest BCUT2D eigenvalue weighted by atomic mass is 9.49. The molecule has 5 aliphatic carbocycles. The lowest BCUT2D eigenvalue weighted by Gasteiger charge is -2.55. The summed E-state index contributed by atoms with van der Waals surface area (Å²) in [6, 6.07) is 4.28. The molecular weight excluding hydrogens is 284 g/mol. The molecular formula is C20H26N2O. The second kappa shape index (κ2) is 5.06. The zero-order valence-corrected chi connectivity index (χ0v) is 13.8. The number of nitrogens with zero attached hydrogens (tertiary/aromatic N) is 1. The molecule has 0 aliphatic heterocycles. The normalized spacial score (nSPS) is 37.8. The van der Waals surface area contributed by atoms with Crippen molar-refractivity contribution >= 4 is 5.91 Å². The van der Waals surface area contributed by atoms with Crippen LogP contribution in [0.1, 0.15) is 68.5 Å². The minimum Gasteiger partial charge on any atom is -0.351 e. The Morgan fingerprint density at radius 1 is 1.09 bits per heavy atom. The molecule has 0 aromatic carbocycles. The van der Waals surface area contributed by atoms with Gasteiger partial charge in [-0.3, -0.25) is 9.78 Å². The van der Waals surface area contributed by atoms with Gasteiger partial charge in [-0.15, -0.1) is 0 Å². The van der Waals surface area contributed by atoms with Crippen molar-refractivity contribution in [3.05, 3.63) is 29.6 Å². The van der Waals surface area contributed by atoms with Crippen molar-refractivity contribution in [2.75, 3.05) is 0 Å². The summed E-state index contributed by atoms with van der Waals surface area (Å²) in [6.45, 7) is 0.637. The van der Waals surface area contributed by atoms with E-state index in [1.165, 1.54) is 37.8 Å². The number of hydrogen-bond donors (Lipinski definition) is 1. The Morgan fingerprint density at radius 3 is 2.26 bits per heavy atom. The molecule has 3 nitrogen and oxygen atoms in total. The smallest absolute Gasteiger partial charge is 0.226 e. The summed E-state index contributed by atoms with van der Waals surface area (Å²) in [6.07, 6.45) is 12.1. The van der Waals surface area contributed by atoms with Gasteiger partial charge in [-0.2, -0.15) is 0 Å². The van der Waals surface area contributed by atoms with Crippen molar-refractivity contribution in [1.82, 2.24) is 10.3 Å². The Bertz CT molecular complexity index is 582. The number of nitrogens with one attached hydrogen (secondary N) is 1. The third-order valence-corrected chi connectivity index (χ3v) is 6.82. The minimum atomic E-state index is -0.0316. The first-order valence-electron chi connectivity index (χ1n) is 9.43. The molecule has 122 valence electrons. The lowest BCUT2D eigenvalue weighted by Crippen LogP contribution is -2.53. The molecule has 0 spiro atoms. The maximum atomic E-state index is 12.9. The van der Waals surface area contributed by atoms with Gasteiger partial charge in [-0.1, -0.05) is 6.07 Å². The van der Waals surface area contributed by atoms with Crippen molar-refractivity contribution in [1.29, 1.82) is 0 Å². The highest BCUT2D eigenvalue weighted by Gasteiger charge is 2.54. The van der Waals surface area contributed by atoms with Gasteiger partial charge in [0, 0.05) is 29.8 Å². The molecule has 0 atom stereocenters. The van der Waals surface area contributed by atoms with E-state index >= 15 is 0 Å². The molecule has 0 unspecified atom stereocenters. The molecule has 5 fully saturated rings. The van der Waals surface area contributed by atoms with Crippen molar-refractivity contribution in [3.63, 3.8) is 0 Å². The highest BCUT2D eigenvalue weighted by Crippen LogP contribution is 2.60. The first-order chi connectivity index (χ1) is 11.2. The van der Waals surface area contributed by atoms with E-state index in [0.717, 1.165) is 42.6 Å². The standard InChI is InChI=1S/C20H26N2O/c23-19(20-8-14-5-15(9-20)7-16(6-14)10-20)22-12-13-1-4-18(21-11-13)17-2-3-17/h1,4,11,14-17H,2-3,5-10,12H2,(H,22,23). The topological polar surface area (TPSA) is 42.0 Å². The van der Waals surface area contributed by atoms with Gasteiger partial charge >= 0.3 is 0 Å². The van der Waals surface area contributed by atoms with Crippen LogP contribution in [0.3, 0.4) is 0 Å². The number of carbonyl (C=O) groups is 1. The van der Waals surface area contributed by atoms with E-state index < -0.39 is 0 Å². The molecule has 23 heavy (non-hydrogen) atoms. The molecule has 1 aromatic heterocycles. The van der Waals surface area contributed by atoms with Gasteiger partial charge in [-0.25, -0.2) is 0 Å². The molecule has 1 heterocycles. The SMILES string of the molecule is O=C(NCc1ccc(C2CC2)nc1)C12CC3CC(CC(C3)C1)C2. The number of pyridine rings is 1. The molecule has 1 aromatic rings. The van der Waals surface area contributed by atoms with Crippen LogP contribution in [0, 0.1) is 23.2 Å². The van der Waals surface area contributed by atoms with Crippen LogP contribution in [0.2, 0.25) is 0 Å². The van der Waals surface area contributed by atoms with Crippen LogP contribution in [-0.2, 0) is 11.3 Å². The summed E-state index contributed by atoms with van der Waals surface area (Å²) in [5, 5.41) is 3.24. The molecule has 1 amide bonds. The van der Waals surface area contributed by atoms with Gasteiger partial charge in [0.25, 0.3) is 0 Å². The second-order valence-corrected chi connectivity index (χ2v) is 8.75. The Kier molecular flexibility index (Phi) is 3.08. The fraction of sp³-hybridized carbons (Fsp3) is 0.700. The number of carbonyl (C=O) groups excluding carboxylic acids is 1. The summed E-state index contributed by atoms with van der Waals surface area (Å²) >= 11 is 0. The average Bonchev–Trinajstić information content (AvgIpc) is 3.36. The van der Waals surface area contributed by atoms with Gasteiger partial charge in [0.2, 0.25) is 5.91 Å². The van der Waals surface area contributed by atoms with Gasteiger partial charge in [0.15, 0.2) is 0 Å². The first-order valence-corrected chi connectivity index (χ1v) is 9.43. The van der Waals surface area contributed by atoms with Gasteiger partial charge in [0.05, 0.1) is 0 Å². The third-order valence-electron chi connectivity index (χ3n) is 6.82. The number of rotatable bonds is 4. The highest BCUT2D eigenvalue weighted by atomic mass is 16.2. The highest BCUT2D eigenvalue weighted by molar-refractivity contribution is 5.83. The number of hydrogen-bond acceptors (Lipinski definition) is 2. The fourth-order valence-corrected chi connectivity index (χ4v) is 5.92. The van der Waals surface area contributed by atoms with Crippen LogP contribution >= 0.6 is 0 Å². The van der Waals surface area contributed by atoms with Crippen molar-refractivity contribution in [2.45, 2.75) is 63.8 Å². The zero-order valence-electron chi connectivity index (χ0n) is 13.8. The second-order valence-electron chi connectivity index (χ2n) is 8.75. The van der Waals surface area contributed by atoms with Gasteiger partial charge in [0.1, 0.15) is 0 Å². The van der Waals surface area contributed by atoms with Gasteiger partial charge < -0.3 is 5.32 Å². The Hall–Kier alpha value is -1.38. The average molecular weight is 310 g/mol. The van der Waals surface area contributed by atoms with Crippen LogP contribution in [0.15, 0.2) is 18.3 Å². The summed E-state index contributed by atoms with van der Waals surface area (Å²) in [4.78, 5) is 17.5. The summed E-state index contributed by atoms with van der Waals surface area (Å²) < 4.78 is 0. The van der Waals surface area contributed by atoms with E-state index in [9.17, 15) is 4.79 Å². The molecule has 1 N–H and O–H groups in total. The van der Waals surface area contributed by atoms with Gasteiger partial charge in [-0.05, 0) is 80.8 Å². The van der Waals surface area contributed by atoms with E-state index in [0.29, 0.717) is 18.4 Å². The maximum Gasteiger partial charge on any atom is 0.226 e. The molecule has 4 bridgehead atoms. The van der Waals surface area contributed by atoms with E-state index in [1.54, 1.807) is 0 Å². The van der Waals surface area contributed by atoms with Crippen molar-refractivity contribution in [2.24, 2.45) is 23.2 Å². The summed E-state index contributed by atoms with van der Waals surface area (Å²) in [5.74, 6) is 3.50. The lowest BCUT2D eigenvalue weighted by molar-refractivity contribution is -0.146. The molecule has 5 aliphatic rings. The van der Waals surface area contributed by atoms with Crippen LogP contribution in [0.25, 0.3) is 0 Å². The molecule has 3 heteroatoms. The summed E-state index contributed by atoms with van der Waals surface area (Å²) in [5.41, 5.74) is 2.32. The monoisotopic (exact) mass is 310 g/mol. The quantitative estimate of drug-likeness (QED) is 0.919. The Morgan fingerprint density at radius 2 is 1.74 bits per heavy atom. The molecule has 0 saturated heterocycles.